The van der Waals surface area contributed by atoms with Crippen molar-refractivity contribution < 1.29 is 20.1 Å². The van der Waals surface area contributed by atoms with Crippen LogP contribution in [0.1, 0.15) is 18.1 Å². The second-order valence-electron chi connectivity index (χ2n) is 3.33. The molecule has 1 aromatic rings. The summed E-state index contributed by atoms with van der Waals surface area (Å²) >= 11 is 0. The van der Waals surface area contributed by atoms with Crippen LogP contribution in [-0.2, 0) is 4.79 Å². The predicted octanol–water partition coefficient (Wildman–Crippen LogP) is -1.65. The number of aliphatic hydroxyl groups is 2. The van der Waals surface area contributed by atoms with E-state index in [1.165, 1.54) is 0 Å². The summed E-state index contributed by atoms with van der Waals surface area (Å²) in [5.74, 6) is -1.34. The van der Waals surface area contributed by atoms with Crippen molar-refractivity contribution >= 4 is 5.91 Å². The Morgan fingerprint density at radius 1 is 1.50 bits per heavy atom. The summed E-state index contributed by atoms with van der Waals surface area (Å²) in [5.41, 5.74) is 4.23. The first-order valence-corrected chi connectivity index (χ1v) is 4.48. The van der Waals surface area contributed by atoms with Crippen molar-refractivity contribution in [2.45, 2.75) is 18.6 Å². The average molecular weight is 228 g/mol. The maximum Gasteiger partial charge on any atom is 0.290 e. The van der Waals surface area contributed by atoms with Gasteiger partial charge in [0.15, 0.2) is 5.75 Å². The van der Waals surface area contributed by atoms with Crippen molar-refractivity contribution in [1.82, 2.24) is 4.98 Å². The molecule has 2 unspecified atom stereocenters. The van der Waals surface area contributed by atoms with Gasteiger partial charge in [0, 0.05) is 11.8 Å². The lowest BCUT2D eigenvalue weighted by Gasteiger charge is -2.16. The van der Waals surface area contributed by atoms with Crippen molar-refractivity contribution in [3.05, 3.63) is 28.2 Å². The first-order valence-electron chi connectivity index (χ1n) is 4.48. The number of nitrogens with one attached hydrogen (secondary N) is 1. The minimum absolute atomic E-state index is 0.0888. The second kappa shape index (κ2) is 4.77. The van der Waals surface area contributed by atoms with Crippen LogP contribution in [-0.4, -0.2) is 32.3 Å². The highest BCUT2D eigenvalue weighted by Crippen LogP contribution is 2.19. The number of H-pyrrole nitrogens is 1. The summed E-state index contributed by atoms with van der Waals surface area (Å²) in [5, 5.41) is 28.0. The Morgan fingerprint density at radius 3 is 2.62 bits per heavy atom. The minimum Gasteiger partial charge on any atom is -0.503 e. The number of nitrogens with two attached hydrogens (primary N) is 1. The van der Waals surface area contributed by atoms with E-state index in [0.717, 1.165) is 12.3 Å². The van der Waals surface area contributed by atoms with E-state index in [1.54, 1.807) is 0 Å². The van der Waals surface area contributed by atoms with Crippen LogP contribution in [0.15, 0.2) is 17.1 Å². The molecule has 7 nitrogen and oxygen atoms in total. The molecule has 16 heavy (non-hydrogen) atoms. The lowest BCUT2D eigenvalue weighted by Crippen LogP contribution is -2.26. The Balaban J connectivity index is 2.87. The van der Waals surface area contributed by atoms with Crippen LogP contribution in [0.4, 0.5) is 0 Å². The van der Waals surface area contributed by atoms with E-state index in [2.05, 4.69) is 4.98 Å². The van der Waals surface area contributed by atoms with E-state index in [4.69, 9.17) is 10.8 Å². The summed E-state index contributed by atoms with van der Waals surface area (Å²) in [4.78, 5) is 23.5. The standard InChI is InChI=1S/C9H12N2O5/c10-7(14)2-5(12)8(15)4-1-6(13)9(16)11-3-4/h1,3,5,8,12-13,15H,2H2,(H2,10,14)(H,11,16). The molecule has 0 aliphatic carbocycles. The van der Waals surface area contributed by atoms with Crippen molar-refractivity contribution in [3.8, 4) is 5.75 Å². The molecule has 0 spiro atoms. The predicted molar refractivity (Wildman–Crippen MR) is 53.5 cm³/mol. The molecule has 0 aromatic carbocycles. The van der Waals surface area contributed by atoms with Crippen LogP contribution >= 0.6 is 0 Å². The number of hydrogen-bond acceptors (Lipinski definition) is 5. The number of amides is 1. The lowest BCUT2D eigenvalue weighted by atomic mass is 10.0. The number of carbonyl (C=O) groups excluding carboxylic acids is 1. The molecule has 1 rings (SSSR count). The van der Waals surface area contributed by atoms with Gasteiger partial charge in [-0.25, -0.2) is 0 Å². The van der Waals surface area contributed by atoms with E-state index in [-0.39, 0.29) is 5.56 Å². The SMILES string of the molecule is NC(=O)CC(O)C(O)c1c[nH]c(=O)c(O)c1. The first-order chi connectivity index (χ1) is 7.41. The van der Waals surface area contributed by atoms with E-state index in [0.29, 0.717) is 0 Å². The van der Waals surface area contributed by atoms with Gasteiger partial charge in [-0.05, 0) is 6.07 Å². The van der Waals surface area contributed by atoms with Gasteiger partial charge < -0.3 is 26.0 Å². The van der Waals surface area contributed by atoms with Crippen LogP contribution in [0.25, 0.3) is 0 Å². The number of carbonyl (C=O) groups is 1. The molecule has 1 amide bonds. The Labute approximate surface area is 90.2 Å². The number of aromatic nitrogens is 1. The highest BCUT2D eigenvalue weighted by molar-refractivity contribution is 5.74. The number of pyridine rings is 1. The van der Waals surface area contributed by atoms with E-state index in [9.17, 15) is 19.8 Å². The Bertz CT molecular complexity index is 442. The largest absolute Gasteiger partial charge is 0.503 e. The Morgan fingerprint density at radius 2 is 2.12 bits per heavy atom. The zero-order valence-corrected chi connectivity index (χ0v) is 8.25. The van der Waals surface area contributed by atoms with Crippen molar-refractivity contribution in [2.75, 3.05) is 0 Å². The van der Waals surface area contributed by atoms with Crippen LogP contribution < -0.4 is 11.3 Å². The Kier molecular flexibility index (Phi) is 3.64. The molecule has 0 aliphatic rings. The van der Waals surface area contributed by atoms with Gasteiger partial charge in [0.25, 0.3) is 5.56 Å². The number of primary amides is 1. The van der Waals surface area contributed by atoms with E-state index >= 15 is 0 Å². The molecule has 6 N–H and O–H groups in total. The van der Waals surface area contributed by atoms with E-state index in [1.807, 2.05) is 0 Å². The number of aromatic hydroxyl groups is 1. The maximum atomic E-state index is 10.8. The zero-order valence-electron chi connectivity index (χ0n) is 8.25. The smallest absolute Gasteiger partial charge is 0.290 e. The van der Waals surface area contributed by atoms with Crippen LogP contribution in [0.3, 0.4) is 0 Å². The fraction of sp³-hybridized carbons (Fsp3) is 0.333. The van der Waals surface area contributed by atoms with Crippen molar-refractivity contribution in [2.24, 2.45) is 5.73 Å². The molecule has 0 saturated heterocycles. The molecule has 0 aliphatic heterocycles. The van der Waals surface area contributed by atoms with E-state index < -0.39 is 35.8 Å². The van der Waals surface area contributed by atoms with Gasteiger partial charge in [-0.1, -0.05) is 0 Å². The third-order valence-electron chi connectivity index (χ3n) is 2.02. The molecule has 2 atom stereocenters. The third-order valence-corrected chi connectivity index (χ3v) is 2.02. The summed E-state index contributed by atoms with van der Waals surface area (Å²) < 4.78 is 0. The fourth-order valence-corrected chi connectivity index (χ4v) is 1.20. The minimum atomic E-state index is -1.41. The topological polar surface area (TPSA) is 137 Å². The van der Waals surface area contributed by atoms with Gasteiger partial charge in [0.2, 0.25) is 5.91 Å². The number of rotatable bonds is 4. The van der Waals surface area contributed by atoms with Crippen LogP contribution in [0.5, 0.6) is 5.75 Å². The number of hydrogen-bond donors (Lipinski definition) is 5. The molecule has 0 fully saturated rings. The van der Waals surface area contributed by atoms with Gasteiger partial charge >= 0.3 is 0 Å². The molecule has 0 bridgehead atoms. The molecular formula is C9H12N2O5. The summed E-state index contributed by atoms with van der Waals surface area (Å²) in [6.45, 7) is 0. The molecule has 0 radical (unpaired) electrons. The van der Waals surface area contributed by atoms with Gasteiger partial charge in [-0.15, -0.1) is 0 Å². The third kappa shape index (κ3) is 2.81. The van der Waals surface area contributed by atoms with Gasteiger partial charge in [0.05, 0.1) is 12.5 Å². The average Bonchev–Trinajstić information content (AvgIpc) is 2.20. The van der Waals surface area contributed by atoms with Crippen LogP contribution in [0, 0.1) is 0 Å². The van der Waals surface area contributed by atoms with Crippen molar-refractivity contribution in [1.29, 1.82) is 0 Å². The zero-order chi connectivity index (χ0) is 12.3. The molecule has 7 heteroatoms. The summed E-state index contributed by atoms with van der Waals surface area (Å²) in [7, 11) is 0. The number of aliphatic hydroxyl groups excluding tert-OH is 2. The van der Waals surface area contributed by atoms with Gasteiger partial charge in [0.1, 0.15) is 6.10 Å². The van der Waals surface area contributed by atoms with Crippen LogP contribution in [0.2, 0.25) is 0 Å². The highest BCUT2D eigenvalue weighted by Gasteiger charge is 2.21. The quantitative estimate of drug-likeness (QED) is 0.420. The Hall–Kier alpha value is -1.86. The van der Waals surface area contributed by atoms with Gasteiger partial charge in [-0.3, -0.25) is 9.59 Å². The molecular weight excluding hydrogens is 216 g/mol. The number of aromatic amines is 1. The monoisotopic (exact) mass is 228 g/mol. The molecule has 1 aromatic heterocycles. The molecule has 0 saturated carbocycles. The fourth-order valence-electron chi connectivity index (χ4n) is 1.20. The highest BCUT2D eigenvalue weighted by atomic mass is 16.3. The summed E-state index contributed by atoms with van der Waals surface area (Å²) in [6, 6.07) is 1.01. The van der Waals surface area contributed by atoms with Crippen molar-refractivity contribution in [3.63, 3.8) is 0 Å². The molecule has 1 heterocycles. The first kappa shape index (κ1) is 12.2. The van der Waals surface area contributed by atoms with Gasteiger partial charge in [-0.2, -0.15) is 0 Å². The summed E-state index contributed by atoms with van der Waals surface area (Å²) in [6.07, 6.45) is -2.07. The maximum absolute atomic E-state index is 10.8. The normalized spacial score (nSPS) is 14.4. The molecule has 88 valence electrons. The second-order valence-corrected chi connectivity index (χ2v) is 3.33. The lowest BCUT2D eigenvalue weighted by molar-refractivity contribution is -0.121.